The van der Waals surface area contributed by atoms with Gasteiger partial charge in [-0.1, -0.05) is 11.6 Å². The number of carbonyl (C=O) groups is 1. The second kappa shape index (κ2) is 5.66. The van der Waals surface area contributed by atoms with Crippen LogP contribution in [-0.2, 0) is 21.3 Å². The third-order valence-electron chi connectivity index (χ3n) is 2.62. The number of carboxylic acids is 1. The summed E-state index contributed by atoms with van der Waals surface area (Å²) in [4.78, 5) is 20.9. The van der Waals surface area contributed by atoms with Crippen LogP contribution in [0.25, 0.3) is 0 Å². The van der Waals surface area contributed by atoms with Crippen molar-refractivity contribution in [2.75, 3.05) is 0 Å². The summed E-state index contributed by atoms with van der Waals surface area (Å²) in [6, 6.07) is 3.78. The van der Waals surface area contributed by atoms with E-state index in [1.165, 1.54) is 26.0 Å². The number of nitro groups is 1. The fraction of sp³-hybridized carbons (Fsp3) is 0.364. The van der Waals surface area contributed by atoms with Crippen molar-refractivity contribution in [1.82, 2.24) is 0 Å². The van der Waals surface area contributed by atoms with Gasteiger partial charge in [0.15, 0.2) is 0 Å². The zero-order valence-corrected chi connectivity index (χ0v) is 11.8. The molecule has 8 heteroatoms. The molecule has 0 aromatic heterocycles. The fourth-order valence-corrected chi connectivity index (χ4v) is 2.60. The summed E-state index contributed by atoms with van der Waals surface area (Å²) in [6.45, 7) is 2.70. The summed E-state index contributed by atoms with van der Waals surface area (Å²) in [5, 5.41) is 19.6. The molecule has 0 spiro atoms. The van der Waals surface area contributed by atoms with Gasteiger partial charge in [-0.05, 0) is 25.5 Å². The molecule has 1 unspecified atom stereocenters. The highest BCUT2D eigenvalue weighted by atomic mass is 35.5. The van der Waals surface area contributed by atoms with E-state index in [2.05, 4.69) is 0 Å². The average Bonchev–Trinajstić information content (AvgIpc) is 2.30. The summed E-state index contributed by atoms with van der Waals surface area (Å²) >= 11 is 5.86. The van der Waals surface area contributed by atoms with E-state index in [0.717, 1.165) is 6.07 Å². The predicted molar refractivity (Wildman–Crippen MR) is 71.7 cm³/mol. The van der Waals surface area contributed by atoms with Gasteiger partial charge in [-0.3, -0.25) is 19.1 Å². The van der Waals surface area contributed by atoms with Gasteiger partial charge in [-0.2, -0.15) is 0 Å². The minimum atomic E-state index is -1.69. The molecule has 1 N–H and O–H groups in total. The van der Waals surface area contributed by atoms with Crippen LogP contribution in [0.4, 0.5) is 5.69 Å². The lowest BCUT2D eigenvalue weighted by molar-refractivity contribution is -0.384. The van der Waals surface area contributed by atoms with Crippen LogP contribution in [0.2, 0.25) is 5.02 Å². The standard InChI is InChI=1S/C11H12ClNO5S/c1-11(2,10(14)15)19(18)6-7-3-4-8(13(16)17)5-9(7)12/h3-5H,6H2,1-2H3,(H,14,15). The van der Waals surface area contributed by atoms with E-state index in [4.69, 9.17) is 16.7 Å². The van der Waals surface area contributed by atoms with Gasteiger partial charge in [0.05, 0.1) is 15.7 Å². The Balaban J connectivity index is 2.98. The van der Waals surface area contributed by atoms with Crippen LogP contribution in [0, 0.1) is 10.1 Å². The van der Waals surface area contributed by atoms with Crippen LogP contribution >= 0.6 is 11.6 Å². The maximum Gasteiger partial charge on any atom is 0.321 e. The Kier molecular flexibility index (Phi) is 4.65. The third-order valence-corrected chi connectivity index (χ3v) is 4.86. The number of nitrogens with zero attached hydrogens (tertiary/aromatic N) is 1. The predicted octanol–water partition coefficient (Wildman–Crippen LogP) is 2.36. The van der Waals surface area contributed by atoms with E-state index in [1.807, 2.05) is 0 Å². The van der Waals surface area contributed by atoms with Crippen LogP contribution in [0.1, 0.15) is 19.4 Å². The Morgan fingerprint density at radius 2 is 2.11 bits per heavy atom. The summed E-state index contributed by atoms with van der Waals surface area (Å²) in [6.07, 6.45) is 0. The lowest BCUT2D eigenvalue weighted by Gasteiger charge is -2.18. The lowest BCUT2D eigenvalue weighted by Crippen LogP contribution is -2.37. The van der Waals surface area contributed by atoms with Crippen molar-refractivity contribution in [3.63, 3.8) is 0 Å². The maximum absolute atomic E-state index is 12.0. The van der Waals surface area contributed by atoms with Crippen LogP contribution < -0.4 is 0 Å². The molecule has 0 heterocycles. The summed E-state index contributed by atoms with van der Waals surface area (Å²) < 4.78 is 10.6. The Hall–Kier alpha value is -1.47. The molecule has 19 heavy (non-hydrogen) atoms. The second-order valence-electron chi connectivity index (χ2n) is 4.34. The summed E-state index contributed by atoms with van der Waals surface area (Å²) in [5.74, 6) is -1.25. The van der Waals surface area contributed by atoms with Gasteiger partial charge in [0.1, 0.15) is 4.75 Å². The molecule has 1 aromatic carbocycles. The van der Waals surface area contributed by atoms with E-state index >= 15 is 0 Å². The number of halogens is 1. The molecule has 1 rings (SSSR count). The van der Waals surface area contributed by atoms with Crippen LogP contribution in [0.15, 0.2) is 18.2 Å². The zero-order valence-electron chi connectivity index (χ0n) is 10.3. The normalized spacial score (nSPS) is 13.0. The smallest absolute Gasteiger partial charge is 0.321 e. The number of rotatable bonds is 5. The van der Waals surface area contributed by atoms with E-state index in [1.54, 1.807) is 0 Å². The largest absolute Gasteiger partial charge is 0.480 e. The van der Waals surface area contributed by atoms with Crippen molar-refractivity contribution < 1.29 is 19.0 Å². The second-order valence-corrected chi connectivity index (χ2v) is 6.75. The van der Waals surface area contributed by atoms with Crippen molar-refractivity contribution >= 4 is 34.1 Å². The number of carboxylic acid groups (broad SMARTS) is 1. The van der Waals surface area contributed by atoms with Gasteiger partial charge in [0.25, 0.3) is 5.69 Å². The minimum absolute atomic E-state index is 0.0733. The number of nitro benzene ring substituents is 1. The average molecular weight is 306 g/mol. The first-order chi connectivity index (χ1) is 8.66. The first kappa shape index (κ1) is 15.6. The Bertz CT molecular complexity index is 558. The summed E-state index contributed by atoms with van der Waals surface area (Å²) in [5.41, 5.74) is 0.247. The monoisotopic (exact) mass is 305 g/mol. The number of non-ortho nitro benzene ring substituents is 1. The Labute approximate surface area is 117 Å². The zero-order chi connectivity index (χ0) is 14.8. The van der Waals surface area contributed by atoms with E-state index in [0.29, 0.717) is 5.56 Å². The van der Waals surface area contributed by atoms with E-state index in [-0.39, 0.29) is 16.5 Å². The van der Waals surface area contributed by atoms with Gasteiger partial charge < -0.3 is 5.11 Å². The molecular formula is C11H12ClNO5S. The number of aliphatic carboxylic acids is 1. The Morgan fingerprint density at radius 3 is 2.53 bits per heavy atom. The molecule has 0 bridgehead atoms. The van der Waals surface area contributed by atoms with E-state index in [9.17, 15) is 19.1 Å². The molecule has 0 amide bonds. The first-order valence-corrected chi connectivity index (χ1v) is 6.90. The van der Waals surface area contributed by atoms with Gasteiger partial charge in [-0.25, -0.2) is 0 Å². The highest BCUT2D eigenvalue weighted by Crippen LogP contribution is 2.26. The lowest BCUT2D eigenvalue weighted by atomic mass is 10.2. The highest BCUT2D eigenvalue weighted by Gasteiger charge is 2.34. The molecule has 0 saturated heterocycles. The molecular weight excluding hydrogens is 294 g/mol. The highest BCUT2D eigenvalue weighted by molar-refractivity contribution is 7.86. The molecule has 0 aliphatic carbocycles. The molecule has 0 aliphatic rings. The van der Waals surface area contributed by atoms with Crippen molar-refractivity contribution in [1.29, 1.82) is 0 Å². The van der Waals surface area contributed by atoms with Gasteiger partial charge >= 0.3 is 5.97 Å². The first-order valence-electron chi connectivity index (χ1n) is 5.21. The molecule has 0 radical (unpaired) electrons. The molecule has 1 atom stereocenters. The van der Waals surface area contributed by atoms with Crippen molar-refractivity contribution in [3.05, 3.63) is 38.9 Å². The molecule has 0 fully saturated rings. The van der Waals surface area contributed by atoms with Crippen LogP contribution in [0.5, 0.6) is 0 Å². The van der Waals surface area contributed by atoms with Gasteiger partial charge in [0.2, 0.25) is 0 Å². The Morgan fingerprint density at radius 1 is 1.53 bits per heavy atom. The number of benzene rings is 1. The van der Waals surface area contributed by atoms with Crippen molar-refractivity contribution in [2.45, 2.75) is 24.3 Å². The van der Waals surface area contributed by atoms with E-state index < -0.39 is 26.4 Å². The topological polar surface area (TPSA) is 97.5 Å². The molecule has 0 saturated carbocycles. The van der Waals surface area contributed by atoms with Crippen LogP contribution in [0.3, 0.4) is 0 Å². The fourth-order valence-electron chi connectivity index (χ4n) is 1.19. The molecule has 0 aliphatic heterocycles. The molecule has 6 nitrogen and oxygen atoms in total. The molecule has 104 valence electrons. The van der Waals surface area contributed by atoms with Crippen LogP contribution in [-0.4, -0.2) is 25.0 Å². The van der Waals surface area contributed by atoms with Gasteiger partial charge in [0, 0.05) is 22.9 Å². The number of hydrogen-bond acceptors (Lipinski definition) is 4. The minimum Gasteiger partial charge on any atom is -0.480 e. The van der Waals surface area contributed by atoms with Crippen molar-refractivity contribution in [3.8, 4) is 0 Å². The van der Waals surface area contributed by atoms with Gasteiger partial charge in [-0.15, -0.1) is 0 Å². The number of hydrogen-bond donors (Lipinski definition) is 1. The third kappa shape index (κ3) is 3.51. The SMILES string of the molecule is CC(C)(C(=O)O)S(=O)Cc1ccc([N+](=O)[O-])cc1Cl. The molecule has 1 aromatic rings. The van der Waals surface area contributed by atoms with Crippen molar-refractivity contribution in [2.24, 2.45) is 0 Å². The maximum atomic E-state index is 12.0. The quantitative estimate of drug-likeness (QED) is 0.665. The summed E-state index contributed by atoms with van der Waals surface area (Å²) in [7, 11) is -1.69.